The summed E-state index contributed by atoms with van der Waals surface area (Å²) in [5, 5.41) is 26.7. The first-order valence-corrected chi connectivity index (χ1v) is 4.04. The Bertz CT molecular complexity index is 146. The molecule has 0 amide bonds. The molecular weight excluding hydrogens is 377 g/mol. The minimum absolute atomic E-state index is 0. The number of carboxylic acid groups (broad SMARTS) is 3. The zero-order chi connectivity index (χ0) is 14.1. The van der Waals surface area contributed by atoms with Crippen molar-refractivity contribution in [2.24, 2.45) is 11.5 Å². The van der Waals surface area contributed by atoms with Crippen LogP contribution in [0.3, 0.4) is 0 Å². The van der Waals surface area contributed by atoms with Gasteiger partial charge in [0.1, 0.15) is 0 Å². The average molecular weight is 394 g/mol. The predicted octanol–water partition coefficient (Wildman–Crippen LogP) is -4.83. The van der Waals surface area contributed by atoms with Gasteiger partial charge >= 0.3 is 39.9 Å². The van der Waals surface area contributed by atoms with E-state index in [1.807, 2.05) is 0 Å². The number of carbonyl (C=O) groups excluding carboxylic acids is 3. The molecule has 0 atom stereocenters. The van der Waals surface area contributed by atoms with E-state index in [1.165, 1.54) is 0 Å². The van der Waals surface area contributed by atoms with Crippen LogP contribution in [0.2, 0.25) is 0 Å². The standard InChI is InChI=1S/C2H8N2.3C2H4O2.Gd/c3-1-2-4;3*1-2(3)4;/h1-4H2;3*1H3,(H,3,4);/q;;;;+3/p-3. The molecule has 0 aliphatic carbocycles. The minimum atomic E-state index is -1.08. The van der Waals surface area contributed by atoms with Crippen LogP contribution in [-0.4, -0.2) is 31.0 Å². The van der Waals surface area contributed by atoms with Crippen LogP contribution < -0.4 is 26.8 Å². The molecule has 0 bridgehead atoms. The second-order valence-corrected chi connectivity index (χ2v) is 2.05. The largest absolute Gasteiger partial charge is 3.00 e. The van der Waals surface area contributed by atoms with Gasteiger partial charge in [-0.05, 0) is 20.8 Å². The average Bonchev–Trinajstić information content (AvgIpc) is 2.00. The molecule has 103 valence electrons. The van der Waals surface area contributed by atoms with E-state index in [2.05, 4.69) is 0 Å². The van der Waals surface area contributed by atoms with Crippen LogP contribution in [0.1, 0.15) is 20.8 Å². The van der Waals surface area contributed by atoms with E-state index < -0.39 is 17.9 Å². The zero-order valence-corrected chi connectivity index (χ0v) is 12.1. The summed E-state index contributed by atoms with van der Waals surface area (Å²) in [7, 11) is 0. The summed E-state index contributed by atoms with van der Waals surface area (Å²) in [6.45, 7) is 4.11. The Balaban J connectivity index is -0.0000000369. The third-order valence-corrected chi connectivity index (χ3v) is 0.167. The Morgan fingerprint density at radius 2 is 0.824 bits per heavy atom. The maximum absolute atomic E-state index is 8.89. The monoisotopic (exact) mass is 395 g/mol. The minimum Gasteiger partial charge on any atom is -0.550 e. The van der Waals surface area contributed by atoms with Crippen LogP contribution in [0.4, 0.5) is 0 Å². The molecule has 0 aromatic rings. The maximum Gasteiger partial charge on any atom is 3.00 e. The zero-order valence-electron chi connectivity index (χ0n) is 9.87. The van der Waals surface area contributed by atoms with E-state index in [0.29, 0.717) is 13.1 Å². The molecule has 0 heterocycles. The number of aliphatic carboxylic acids is 3. The van der Waals surface area contributed by atoms with E-state index in [0.717, 1.165) is 20.8 Å². The number of rotatable bonds is 1. The number of nitrogens with two attached hydrogens (primary N) is 2. The molecule has 0 rings (SSSR count). The molecule has 4 N–H and O–H groups in total. The number of hydrogen-bond donors (Lipinski definition) is 2. The summed E-state index contributed by atoms with van der Waals surface area (Å²) < 4.78 is 0. The van der Waals surface area contributed by atoms with Gasteiger partial charge in [-0.1, -0.05) is 0 Å². The molecule has 0 aromatic heterocycles. The van der Waals surface area contributed by atoms with Crippen LogP contribution >= 0.6 is 0 Å². The topological polar surface area (TPSA) is 172 Å². The van der Waals surface area contributed by atoms with Crippen molar-refractivity contribution < 1.29 is 69.6 Å². The molecule has 0 saturated heterocycles. The summed E-state index contributed by atoms with van der Waals surface area (Å²) in [5.74, 6) is -3.25. The van der Waals surface area contributed by atoms with E-state index >= 15 is 0 Å². The second-order valence-electron chi connectivity index (χ2n) is 2.05. The molecule has 9 heteroatoms. The van der Waals surface area contributed by atoms with Gasteiger partial charge in [0.15, 0.2) is 0 Å². The fourth-order valence-corrected chi connectivity index (χ4v) is 0. The van der Waals surface area contributed by atoms with Crippen LogP contribution in [-0.2, 0) is 14.4 Å². The van der Waals surface area contributed by atoms with Gasteiger partial charge < -0.3 is 41.2 Å². The van der Waals surface area contributed by atoms with E-state index in [-0.39, 0.29) is 39.9 Å². The predicted molar refractivity (Wildman–Crippen MR) is 50.2 cm³/mol. The molecule has 17 heavy (non-hydrogen) atoms. The number of carboxylic acids is 3. The first kappa shape index (κ1) is 30.0. The van der Waals surface area contributed by atoms with E-state index in [9.17, 15) is 0 Å². The Hall–Kier alpha value is -0.345. The molecule has 0 saturated carbocycles. The quantitative estimate of drug-likeness (QED) is 0.445. The molecule has 0 fully saturated rings. The van der Waals surface area contributed by atoms with Crippen molar-refractivity contribution in [2.45, 2.75) is 20.8 Å². The van der Waals surface area contributed by atoms with Crippen LogP contribution in [0.15, 0.2) is 0 Å². The Labute approximate surface area is 132 Å². The molecule has 8 nitrogen and oxygen atoms in total. The second kappa shape index (κ2) is 29.6. The summed E-state index contributed by atoms with van der Waals surface area (Å²) >= 11 is 0. The summed E-state index contributed by atoms with van der Waals surface area (Å²) in [6, 6.07) is 0. The molecule has 0 aromatic carbocycles. The van der Waals surface area contributed by atoms with Gasteiger partial charge in [-0.15, -0.1) is 0 Å². The van der Waals surface area contributed by atoms with Gasteiger partial charge in [-0.25, -0.2) is 0 Å². The van der Waals surface area contributed by atoms with Crippen molar-refractivity contribution in [3.8, 4) is 0 Å². The third-order valence-electron chi connectivity index (χ3n) is 0.167. The third kappa shape index (κ3) is 6810. The summed E-state index contributed by atoms with van der Waals surface area (Å²) in [5.41, 5.74) is 9.81. The molecule has 0 aliphatic rings. The van der Waals surface area contributed by atoms with Crippen molar-refractivity contribution in [1.82, 2.24) is 0 Å². The van der Waals surface area contributed by atoms with Crippen molar-refractivity contribution in [3.63, 3.8) is 0 Å². The normalized spacial score (nSPS) is 6.18. The van der Waals surface area contributed by atoms with E-state index in [1.54, 1.807) is 0 Å². The van der Waals surface area contributed by atoms with E-state index in [4.69, 9.17) is 41.2 Å². The van der Waals surface area contributed by atoms with Gasteiger partial charge in [0.2, 0.25) is 0 Å². The van der Waals surface area contributed by atoms with Gasteiger partial charge in [0.25, 0.3) is 0 Å². The first-order valence-electron chi connectivity index (χ1n) is 4.04. The number of carbonyl (C=O) groups is 3. The Morgan fingerprint density at radius 1 is 0.765 bits per heavy atom. The van der Waals surface area contributed by atoms with Crippen molar-refractivity contribution in [3.05, 3.63) is 0 Å². The molecular formula is C8H17GdN2O6. The smallest absolute Gasteiger partial charge is 0.550 e. The number of hydrogen-bond acceptors (Lipinski definition) is 8. The fourth-order valence-electron chi connectivity index (χ4n) is 0. The van der Waals surface area contributed by atoms with Crippen molar-refractivity contribution in [1.29, 1.82) is 0 Å². The molecule has 0 aliphatic heterocycles. The molecule has 0 unspecified atom stereocenters. The maximum atomic E-state index is 8.89. The van der Waals surface area contributed by atoms with Gasteiger partial charge in [-0.2, -0.15) is 0 Å². The SMILES string of the molecule is CC(=O)[O-].CC(=O)[O-].CC(=O)[O-].NCCN.[Gd+3]. The molecule has 1 radical (unpaired) electrons. The van der Waals surface area contributed by atoms with Crippen molar-refractivity contribution >= 4 is 17.9 Å². The summed E-state index contributed by atoms with van der Waals surface area (Å²) in [6.07, 6.45) is 0. The van der Waals surface area contributed by atoms with Crippen LogP contribution in [0, 0.1) is 39.9 Å². The van der Waals surface area contributed by atoms with Crippen LogP contribution in [0.5, 0.6) is 0 Å². The van der Waals surface area contributed by atoms with Gasteiger partial charge in [-0.3, -0.25) is 0 Å². The van der Waals surface area contributed by atoms with Crippen molar-refractivity contribution in [2.75, 3.05) is 13.1 Å². The molecule has 0 spiro atoms. The Morgan fingerprint density at radius 3 is 0.824 bits per heavy atom. The van der Waals surface area contributed by atoms with Gasteiger partial charge in [0.05, 0.1) is 0 Å². The summed E-state index contributed by atoms with van der Waals surface area (Å²) in [4.78, 5) is 26.7. The Kier molecular flexibility index (Phi) is 52.3. The van der Waals surface area contributed by atoms with Gasteiger partial charge in [0, 0.05) is 31.0 Å². The fraction of sp³-hybridized carbons (Fsp3) is 0.625. The van der Waals surface area contributed by atoms with Crippen LogP contribution in [0.25, 0.3) is 0 Å². The first-order chi connectivity index (χ1) is 7.11.